The molecule has 0 bridgehead atoms. The monoisotopic (exact) mass is 557 g/mol. The average Bonchev–Trinajstić information content (AvgIpc) is 2.92. The molecule has 5 nitrogen and oxygen atoms in total. The van der Waals surface area contributed by atoms with Gasteiger partial charge in [0.2, 0.25) is 0 Å². The predicted octanol–water partition coefficient (Wildman–Crippen LogP) is 8.10. The molecule has 0 saturated heterocycles. The van der Waals surface area contributed by atoms with E-state index in [1.807, 2.05) is 67.6 Å². The summed E-state index contributed by atoms with van der Waals surface area (Å²) in [5, 5.41) is 3.34. The first-order valence-corrected chi connectivity index (χ1v) is 13.8. The third-order valence-corrected chi connectivity index (χ3v) is 7.55. The van der Waals surface area contributed by atoms with Crippen molar-refractivity contribution < 1.29 is 4.79 Å². The molecule has 4 aromatic carbocycles. The molecule has 0 spiro atoms. The highest BCUT2D eigenvalue weighted by Gasteiger charge is 2.29. The van der Waals surface area contributed by atoms with E-state index >= 15 is 0 Å². The summed E-state index contributed by atoms with van der Waals surface area (Å²) < 4.78 is 1.64. The highest BCUT2D eigenvalue weighted by atomic mass is 35.5. The zero-order valence-corrected chi connectivity index (χ0v) is 23.6. The lowest BCUT2D eigenvalue weighted by Gasteiger charge is -2.31. The highest BCUT2D eigenvalue weighted by molar-refractivity contribution is 6.36. The van der Waals surface area contributed by atoms with Gasteiger partial charge in [0.1, 0.15) is 5.82 Å². The Morgan fingerprint density at radius 3 is 2.36 bits per heavy atom. The van der Waals surface area contributed by atoms with Crippen molar-refractivity contribution >= 4 is 50.8 Å². The molecule has 7 heteroatoms. The molecule has 0 aliphatic heterocycles. The highest BCUT2D eigenvalue weighted by Crippen LogP contribution is 2.29. The molecule has 0 aliphatic carbocycles. The number of fused-ring (bicyclic) bond motifs is 2. The molecule has 0 radical (unpaired) electrons. The first kappa shape index (κ1) is 26.9. The number of aromatic nitrogens is 2. The van der Waals surface area contributed by atoms with Crippen LogP contribution in [0.15, 0.2) is 89.7 Å². The molecule has 198 valence electrons. The summed E-state index contributed by atoms with van der Waals surface area (Å²) in [6, 6.07) is 25.6. The van der Waals surface area contributed by atoms with Gasteiger partial charge in [-0.15, -0.1) is 0 Å². The zero-order valence-electron chi connectivity index (χ0n) is 22.1. The molecule has 1 aromatic heterocycles. The smallest absolute Gasteiger partial charge is 0.266 e. The Morgan fingerprint density at radius 2 is 1.62 bits per heavy atom. The first-order valence-electron chi connectivity index (χ1n) is 13.0. The third-order valence-electron chi connectivity index (χ3n) is 7.00. The van der Waals surface area contributed by atoms with Crippen molar-refractivity contribution in [2.75, 3.05) is 6.54 Å². The van der Waals surface area contributed by atoms with Gasteiger partial charge in [0.05, 0.1) is 33.2 Å². The maximum Gasteiger partial charge on any atom is 0.266 e. The Kier molecular flexibility index (Phi) is 7.74. The molecule has 0 aliphatic rings. The fourth-order valence-electron chi connectivity index (χ4n) is 4.82. The van der Waals surface area contributed by atoms with Crippen molar-refractivity contribution in [2.45, 2.75) is 33.2 Å². The summed E-state index contributed by atoms with van der Waals surface area (Å²) in [4.78, 5) is 34.7. The lowest BCUT2D eigenvalue weighted by atomic mass is 10.1. The van der Waals surface area contributed by atoms with Crippen LogP contribution in [0.2, 0.25) is 10.0 Å². The van der Waals surface area contributed by atoms with Crippen LogP contribution in [-0.2, 0) is 0 Å². The topological polar surface area (TPSA) is 55.2 Å². The summed E-state index contributed by atoms with van der Waals surface area (Å²) >= 11 is 12.6. The summed E-state index contributed by atoms with van der Waals surface area (Å²) in [5.74, 6) is 0.605. The van der Waals surface area contributed by atoms with Crippen molar-refractivity contribution in [3.05, 3.63) is 117 Å². The van der Waals surface area contributed by atoms with E-state index in [4.69, 9.17) is 28.2 Å². The molecule has 0 N–H and O–H groups in total. The summed E-state index contributed by atoms with van der Waals surface area (Å²) in [6.45, 7) is 6.61. The normalized spacial score (nSPS) is 12.3. The third kappa shape index (κ3) is 5.42. The Morgan fingerprint density at radius 1 is 0.897 bits per heavy atom. The van der Waals surface area contributed by atoms with Crippen LogP contribution in [0.5, 0.6) is 0 Å². The van der Waals surface area contributed by atoms with Gasteiger partial charge in [-0.25, -0.2) is 4.98 Å². The molecule has 1 heterocycles. The Labute approximate surface area is 237 Å². The largest absolute Gasteiger partial charge is 0.329 e. The molecule has 1 amide bonds. The van der Waals surface area contributed by atoms with E-state index in [1.54, 1.807) is 33.7 Å². The number of hydrogen-bond donors (Lipinski definition) is 0. The molecule has 1 atom stereocenters. The van der Waals surface area contributed by atoms with Gasteiger partial charge in [-0.1, -0.05) is 79.5 Å². The van der Waals surface area contributed by atoms with E-state index in [0.29, 0.717) is 45.5 Å². The minimum Gasteiger partial charge on any atom is -0.329 e. The van der Waals surface area contributed by atoms with E-state index in [1.165, 1.54) is 0 Å². The second-order valence-electron chi connectivity index (χ2n) is 10.1. The summed E-state index contributed by atoms with van der Waals surface area (Å²) in [5.41, 5.74) is 1.46. The molecule has 5 rings (SSSR count). The van der Waals surface area contributed by atoms with Gasteiger partial charge in [-0.05, 0) is 72.5 Å². The van der Waals surface area contributed by atoms with Crippen LogP contribution in [0, 0.1) is 5.92 Å². The number of para-hydroxylation sites is 1. The molecule has 39 heavy (non-hydrogen) atoms. The summed E-state index contributed by atoms with van der Waals surface area (Å²) in [7, 11) is 0. The lowest BCUT2D eigenvalue weighted by Crippen LogP contribution is -2.38. The van der Waals surface area contributed by atoms with Crippen LogP contribution in [0.1, 0.15) is 49.4 Å². The predicted molar refractivity (Wildman–Crippen MR) is 160 cm³/mol. The first-order chi connectivity index (χ1) is 18.7. The Bertz CT molecular complexity index is 1750. The zero-order chi connectivity index (χ0) is 27.7. The second kappa shape index (κ2) is 11.2. The average molecular weight is 559 g/mol. The molecule has 5 aromatic rings. The van der Waals surface area contributed by atoms with Crippen LogP contribution in [0.3, 0.4) is 0 Å². The molecule has 1 unspecified atom stereocenters. The maximum atomic E-state index is 14.0. The lowest BCUT2D eigenvalue weighted by molar-refractivity contribution is 0.0671. The van der Waals surface area contributed by atoms with Crippen LogP contribution in [-0.4, -0.2) is 26.9 Å². The van der Waals surface area contributed by atoms with Gasteiger partial charge in [0, 0.05) is 11.6 Å². The van der Waals surface area contributed by atoms with Crippen molar-refractivity contribution in [2.24, 2.45) is 5.92 Å². The van der Waals surface area contributed by atoms with Crippen molar-refractivity contribution in [1.82, 2.24) is 14.5 Å². The Balaban J connectivity index is 1.71. The fraction of sp³-hybridized carbons (Fsp3) is 0.219. The van der Waals surface area contributed by atoms with Gasteiger partial charge < -0.3 is 4.90 Å². The number of nitrogens with zero attached hydrogens (tertiary/aromatic N) is 3. The minimum absolute atomic E-state index is 0.182. The fourth-order valence-corrected chi connectivity index (χ4v) is 5.31. The van der Waals surface area contributed by atoms with Crippen LogP contribution < -0.4 is 5.56 Å². The van der Waals surface area contributed by atoms with Gasteiger partial charge in [-0.3, -0.25) is 14.2 Å². The number of carbonyl (C=O) groups is 1. The van der Waals surface area contributed by atoms with E-state index in [-0.39, 0.29) is 16.5 Å². The summed E-state index contributed by atoms with van der Waals surface area (Å²) in [6.07, 6.45) is 0.773. The standard InChI is InChI=1S/C32H29Cl2N3O2/c1-20(2)16-17-36(31(38)26-15-13-24(33)19-28(26)34)21(3)30-35-29-11-7-6-10-27(29)32(39)37(30)25-14-12-22-8-4-5-9-23(22)18-25/h4-15,18-21H,16-17H2,1-3H3. The second-order valence-corrected chi connectivity index (χ2v) is 11.0. The number of halogens is 2. The van der Waals surface area contributed by atoms with Crippen molar-refractivity contribution in [1.29, 1.82) is 0 Å². The molecular formula is C32H29Cl2N3O2. The van der Waals surface area contributed by atoms with E-state index < -0.39 is 6.04 Å². The maximum absolute atomic E-state index is 14.0. The Hall–Kier alpha value is -3.67. The number of hydrogen-bond acceptors (Lipinski definition) is 3. The van der Waals surface area contributed by atoms with Gasteiger partial charge in [0.15, 0.2) is 0 Å². The number of rotatable bonds is 7. The molecular weight excluding hydrogens is 529 g/mol. The number of benzene rings is 4. The minimum atomic E-state index is -0.535. The quantitative estimate of drug-likeness (QED) is 0.203. The van der Waals surface area contributed by atoms with Crippen LogP contribution in [0.4, 0.5) is 0 Å². The number of amides is 1. The van der Waals surface area contributed by atoms with E-state index in [2.05, 4.69) is 13.8 Å². The van der Waals surface area contributed by atoms with E-state index in [9.17, 15) is 9.59 Å². The van der Waals surface area contributed by atoms with Crippen LogP contribution in [0.25, 0.3) is 27.4 Å². The van der Waals surface area contributed by atoms with Crippen molar-refractivity contribution in [3.8, 4) is 5.69 Å². The molecule has 0 saturated carbocycles. The number of carbonyl (C=O) groups excluding carboxylic acids is 1. The SMILES string of the molecule is CC(C)CCN(C(=O)c1ccc(Cl)cc1Cl)C(C)c1nc2ccccc2c(=O)n1-c1ccc2ccccc2c1. The van der Waals surface area contributed by atoms with Crippen molar-refractivity contribution in [3.63, 3.8) is 0 Å². The van der Waals surface area contributed by atoms with Crippen LogP contribution >= 0.6 is 23.2 Å². The van der Waals surface area contributed by atoms with Gasteiger partial charge in [-0.2, -0.15) is 0 Å². The van der Waals surface area contributed by atoms with E-state index in [0.717, 1.165) is 17.2 Å². The van der Waals surface area contributed by atoms with Gasteiger partial charge in [0.25, 0.3) is 11.5 Å². The van der Waals surface area contributed by atoms with Gasteiger partial charge >= 0.3 is 0 Å². The molecule has 0 fully saturated rings.